The van der Waals surface area contributed by atoms with Crippen molar-refractivity contribution < 1.29 is 8.42 Å². The summed E-state index contributed by atoms with van der Waals surface area (Å²) in [6, 6.07) is 7.52. The van der Waals surface area contributed by atoms with E-state index in [-0.39, 0.29) is 11.4 Å². The Labute approximate surface area is 130 Å². The molecule has 0 amide bonds. The van der Waals surface area contributed by atoms with E-state index in [4.69, 9.17) is 11.6 Å². The van der Waals surface area contributed by atoms with E-state index >= 15 is 0 Å². The van der Waals surface area contributed by atoms with Gasteiger partial charge in [-0.05, 0) is 25.0 Å². The lowest BCUT2D eigenvalue weighted by Crippen LogP contribution is -2.24. The summed E-state index contributed by atoms with van der Waals surface area (Å²) < 4.78 is 29.0. The van der Waals surface area contributed by atoms with Crippen molar-refractivity contribution in [2.45, 2.75) is 31.2 Å². The fourth-order valence-corrected chi connectivity index (χ4v) is 3.83. The zero-order valence-corrected chi connectivity index (χ0v) is 13.8. The van der Waals surface area contributed by atoms with Gasteiger partial charge >= 0.3 is 0 Å². The number of aromatic nitrogens is 2. The first-order valence-corrected chi connectivity index (χ1v) is 8.50. The van der Waals surface area contributed by atoms with Crippen LogP contribution in [0.15, 0.2) is 29.2 Å². The molecule has 1 N–H and O–H groups in total. The standard InChI is InChI=1S/C14H18ClN3O2S/c1-10-14(11(2)18(3)17-10)21(19,20)16-9-13-6-4-5-12(7-13)8-15/h4-7,16H,8-9H2,1-3H3. The minimum absolute atomic E-state index is 0.223. The van der Waals surface area contributed by atoms with Gasteiger partial charge < -0.3 is 0 Å². The molecule has 0 saturated carbocycles. The zero-order chi connectivity index (χ0) is 15.6. The zero-order valence-electron chi connectivity index (χ0n) is 12.2. The average Bonchev–Trinajstić information content (AvgIpc) is 2.71. The molecule has 0 spiro atoms. The molecule has 0 saturated heterocycles. The number of rotatable bonds is 5. The molecule has 0 aliphatic rings. The summed E-state index contributed by atoms with van der Waals surface area (Å²) in [7, 11) is -1.86. The third kappa shape index (κ3) is 3.45. The maximum Gasteiger partial charge on any atom is 0.244 e. The van der Waals surface area contributed by atoms with Gasteiger partial charge in [0.15, 0.2) is 0 Å². The molecule has 1 aromatic carbocycles. The van der Waals surface area contributed by atoms with Gasteiger partial charge in [0.1, 0.15) is 4.90 Å². The molecule has 0 fully saturated rings. The van der Waals surface area contributed by atoms with Gasteiger partial charge in [-0.1, -0.05) is 24.3 Å². The van der Waals surface area contributed by atoms with Crippen LogP contribution in [0.1, 0.15) is 22.5 Å². The number of nitrogens with zero attached hydrogens (tertiary/aromatic N) is 2. The Morgan fingerprint density at radius 2 is 1.95 bits per heavy atom. The first kappa shape index (κ1) is 16.0. The lowest BCUT2D eigenvalue weighted by molar-refractivity contribution is 0.579. The summed E-state index contributed by atoms with van der Waals surface area (Å²) >= 11 is 5.78. The number of alkyl halides is 1. The van der Waals surface area contributed by atoms with Crippen LogP contribution in [0.2, 0.25) is 0 Å². The Hall–Kier alpha value is -1.37. The largest absolute Gasteiger partial charge is 0.271 e. The summed E-state index contributed by atoms with van der Waals surface area (Å²) in [6.07, 6.45) is 0. The van der Waals surface area contributed by atoms with E-state index in [9.17, 15) is 8.42 Å². The van der Waals surface area contributed by atoms with Crippen molar-refractivity contribution in [3.05, 3.63) is 46.8 Å². The van der Waals surface area contributed by atoms with Crippen LogP contribution in [-0.2, 0) is 29.5 Å². The smallest absolute Gasteiger partial charge is 0.244 e. The molecule has 7 heteroatoms. The Kier molecular flexibility index (Phi) is 4.70. The summed E-state index contributed by atoms with van der Waals surface area (Å²) in [5, 5.41) is 4.14. The molecule has 5 nitrogen and oxygen atoms in total. The Morgan fingerprint density at radius 1 is 1.29 bits per heavy atom. The maximum absolute atomic E-state index is 12.4. The molecular formula is C14H18ClN3O2S. The minimum Gasteiger partial charge on any atom is -0.271 e. The predicted octanol–water partition coefficient (Wildman–Crippen LogP) is 2.25. The normalized spacial score (nSPS) is 11.8. The molecular weight excluding hydrogens is 310 g/mol. The maximum atomic E-state index is 12.4. The van der Waals surface area contributed by atoms with Gasteiger partial charge in [-0.25, -0.2) is 13.1 Å². The molecule has 114 valence electrons. The number of nitrogens with one attached hydrogen (secondary N) is 1. The van der Waals surface area contributed by atoms with Crippen LogP contribution >= 0.6 is 11.6 Å². The SMILES string of the molecule is Cc1nn(C)c(C)c1S(=O)(=O)NCc1cccc(CCl)c1. The van der Waals surface area contributed by atoms with Crippen LogP contribution in [0.3, 0.4) is 0 Å². The fraction of sp³-hybridized carbons (Fsp3) is 0.357. The number of hydrogen-bond donors (Lipinski definition) is 1. The van der Waals surface area contributed by atoms with Gasteiger partial charge in [-0.15, -0.1) is 11.6 Å². The van der Waals surface area contributed by atoms with Crippen molar-refractivity contribution in [3.63, 3.8) is 0 Å². The molecule has 2 rings (SSSR count). The first-order chi connectivity index (χ1) is 9.85. The summed E-state index contributed by atoms with van der Waals surface area (Å²) in [4.78, 5) is 0.249. The van der Waals surface area contributed by atoms with Crippen LogP contribution in [0, 0.1) is 13.8 Å². The second-order valence-corrected chi connectivity index (χ2v) is 6.87. The van der Waals surface area contributed by atoms with E-state index in [1.807, 2.05) is 24.3 Å². The quantitative estimate of drug-likeness (QED) is 0.857. The molecule has 0 radical (unpaired) electrons. The fourth-order valence-electron chi connectivity index (χ4n) is 2.22. The van der Waals surface area contributed by atoms with Crippen LogP contribution in [0.5, 0.6) is 0 Å². The van der Waals surface area contributed by atoms with Crippen molar-refractivity contribution in [3.8, 4) is 0 Å². The van der Waals surface area contributed by atoms with E-state index in [2.05, 4.69) is 9.82 Å². The van der Waals surface area contributed by atoms with Crippen LogP contribution in [0.25, 0.3) is 0 Å². The molecule has 1 heterocycles. The van der Waals surface area contributed by atoms with Gasteiger partial charge in [-0.3, -0.25) is 4.68 Å². The third-order valence-electron chi connectivity index (χ3n) is 3.32. The lowest BCUT2D eigenvalue weighted by atomic mass is 10.1. The van der Waals surface area contributed by atoms with Crippen LogP contribution in [-0.4, -0.2) is 18.2 Å². The highest BCUT2D eigenvalue weighted by molar-refractivity contribution is 7.89. The topological polar surface area (TPSA) is 64.0 Å². The van der Waals surface area contributed by atoms with Crippen molar-refractivity contribution in [2.24, 2.45) is 7.05 Å². The van der Waals surface area contributed by atoms with Crippen molar-refractivity contribution in [1.29, 1.82) is 0 Å². The Morgan fingerprint density at radius 3 is 2.52 bits per heavy atom. The molecule has 0 aliphatic carbocycles. The van der Waals surface area contributed by atoms with E-state index < -0.39 is 10.0 Å². The number of aryl methyl sites for hydroxylation is 2. The number of hydrogen-bond acceptors (Lipinski definition) is 3. The summed E-state index contributed by atoms with van der Waals surface area (Å²) in [6.45, 7) is 3.65. The van der Waals surface area contributed by atoms with Gasteiger partial charge in [0.05, 0.1) is 11.4 Å². The average molecular weight is 328 g/mol. The predicted molar refractivity (Wildman–Crippen MR) is 82.7 cm³/mol. The molecule has 0 bridgehead atoms. The molecule has 1 aromatic heterocycles. The van der Waals surface area contributed by atoms with E-state index in [1.54, 1.807) is 25.6 Å². The van der Waals surface area contributed by atoms with E-state index in [0.717, 1.165) is 11.1 Å². The highest BCUT2D eigenvalue weighted by atomic mass is 35.5. The molecule has 0 aliphatic heterocycles. The second kappa shape index (κ2) is 6.17. The van der Waals surface area contributed by atoms with Crippen LogP contribution in [0.4, 0.5) is 0 Å². The summed E-state index contributed by atoms with van der Waals surface area (Å²) in [5.41, 5.74) is 2.95. The molecule has 0 atom stereocenters. The van der Waals surface area contributed by atoms with E-state index in [1.165, 1.54) is 0 Å². The Balaban J connectivity index is 2.22. The van der Waals surface area contributed by atoms with Crippen LogP contribution < -0.4 is 4.72 Å². The Bertz CT molecular complexity index is 754. The number of halogens is 1. The molecule has 0 unspecified atom stereocenters. The lowest BCUT2D eigenvalue weighted by Gasteiger charge is -2.08. The van der Waals surface area contributed by atoms with Gasteiger partial charge in [0.2, 0.25) is 10.0 Å². The molecule has 2 aromatic rings. The first-order valence-electron chi connectivity index (χ1n) is 6.49. The molecule has 21 heavy (non-hydrogen) atoms. The van der Waals surface area contributed by atoms with Gasteiger partial charge in [0.25, 0.3) is 0 Å². The van der Waals surface area contributed by atoms with Gasteiger partial charge in [0, 0.05) is 19.5 Å². The monoisotopic (exact) mass is 327 g/mol. The van der Waals surface area contributed by atoms with E-state index in [0.29, 0.717) is 17.3 Å². The number of benzene rings is 1. The minimum atomic E-state index is -3.58. The van der Waals surface area contributed by atoms with Gasteiger partial charge in [-0.2, -0.15) is 5.10 Å². The number of sulfonamides is 1. The van der Waals surface area contributed by atoms with Crippen molar-refractivity contribution in [1.82, 2.24) is 14.5 Å². The third-order valence-corrected chi connectivity index (χ3v) is 5.28. The highest BCUT2D eigenvalue weighted by Crippen LogP contribution is 2.18. The summed E-state index contributed by atoms with van der Waals surface area (Å²) in [5.74, 6) is 0.404. The highest BCUT2D eigenvalue weighted by Gasteiger charge is 2.23. The van der Waals surface area contributed by atoms with Crippen molar-refractivity contribution in [2.75, 3.05) is 0 Å². The van der Waals surface area contributed by atoms with Crippen molar-refractivity contribution >= 4 is 21.6 Å². The second-order valence-electron chi connectivity index (χ2n) is 4.90.